The van der Waals surface area contributed by atoms with Crippen LogP contribution in [0.1, 0.15) is 64.5 Å². The molecule has 6 aliphatic rings. The summed E-state index contributed by atoms with van der Waals surface area (Å²) in [6, 6.07) is 18.8. The second-order valence-electron chi connectivity index (χ2n) is 15.0. The van der Waals surface area contributed by atoms with Crippen molar-refractivity contribution >= 4 is 12.2 Å². The number of hydrogen-bond donors (Lipinski definition) is 2. The number of carbonyl (C=O) groups excluding carboxylic acids is 2. The largest absolute Gasteiger partial charge is 0.444 e. The molecule has 8 heteroatoms. The topological polar surface area (TPSA) is 99.5 Å². The first-order valence-electron chi connectivity index (χ1n) is 15.2. The van der Waals surface area contributed by atoms with Gasteiger partial charge < -0.3 is 19.7 Å². The summed E-state index contributed by atoms with van der Waals surface area (Å²) in [7, 11) is 0. The van der Waals surface area contributed by atoms with Crippen LogP contribution in [0.5, 0.6) is 0 Å². The highest BCUT2D eigenvalue weighted by atomic mass is 16.6. The predicted molar refractivity (Wildman–Crippen MR) is 156 cm³/mol. The van der Waals surface area contributed by atoms with Crippen molar-refractivity contribution in [1.82, 2.24) is 9.80 Å². The number of benzene rings is 2. The summed E-state index contributed by atoms with van der Waals surface area (Å²) in [5, 5.41) is 23.0. The van der Waals surface area contributed by atoms with Crippen LogP contribution >= 0.6 is 0 Å². The van der Waals surface area contributed by atoms with E-state index in [1.165, 1.54) is 0 Å². The van der Waals surface area contributed by atoms with Gasteiger partial charge in [-0.25, -0.2) is 9.59 Å². The first-order chi connectivity index (χ1) is 19.8. The molecular weight excluding hydrogens is 532 g/mol. The normalized spacial score (nSPS) is 39.0. The first kappa shape index (κ1) is 27.7. The van der Waals surface area contributed by atoms with Crippen molar-refractivity contribution in [2.24, 2.45) is 22.7 Å². The quantitative estimate of drug-likeness (QED) is 0.546. The van der Waals surface area contributed by atoms with Crippen LogP contribution in [0.3, 0.4) is 0 Å². The summed E-state index contributed by atoms with van der Waals surface area (Å²) < 4.78 is 12.0. The molecule has 2 N–H and O–H groups in total. The van der Waals surface area contributed by atoms with Gasteiger partial charge in [-0.1, -0.05) is 60.7 Å². The third-order valence-electron chi connectivity index (χ3n) is 10.9. The van der Waals surface area contributed by atoms with E-state index >= 15 is 0 Å². The molecule has 2 saturated carbocycles. The van der Waals surface area contributed by atoms with Crippen LogP contribution in [0.25, 0.3) is 0 Å². The van der Waals surface area contributed by atoms with Crippen molar-refractivity contribution in [3.63, 3.8) is 0 Å². The maximum Gasteiger partial charge on any atom is 0.410 e. The molecule has 8 rings (SSSR count). The fourth-order valence-corrected chi connectivity index (χ4v) is 10.2. The average Bonchev–Trinajstić information content (AvgIpc) is 2.89. The Bertz CT molecular complexity index is 1270. The van der Waals surface area contributed by atoms with Crippen molar-refractivity contribution in [3.05, 3.63) is 71.8 Å². The molecule has 8 nitrogen and oxygen atoms in total. The molecular formula is C34H42N2O6. The smallest absolute Gasteiger partial charge is 0.410 e. The molecule has 2 aliphatic carbocycles. The highest BCUT2D eigenvalue weighted by Crippen LogP contribution is 2.84. The Kier molecular flexibility index (Phi) is 5.76. The Balaban J connectivity index is 1.47. The van der Waals surface area contributed by atoms with Crippen molar-refractivity contribution in [1.29, 1.82) is 0 Å². The molecule has 4 saturated heterocycles. The molecule has 6 unspecified atom stereocenters. The van der Waals surface area contributed by atoms with Gasteiger partial charge in [0.15, 0.2) is 0 Å². The number of piperidine rings is 4. The zero-order valence-corrected chi connectivity index (χ0v) is 25.2. The number of amides is 2. The maximum atomic E-state index is 14.1. The van der Waals surface area contributed by atoms with Gasteiger partial charge >= 0.3 is 12.2 Å². The lowest BCUT2D eigenvalue weighted by Gasteiger charge is -2.91. The predicted octanol–water partition coefficient (Wildman–Crippen LogP) is 4.76. The highest BCUT2D eigenvalue weighted by molar-refractivity contribution is 5.77. The molecule has 42 heavy (non-hydrogen) atoms. The number of ether oxygens (including phenoxy) is 2. The lowest BCUT2D eigenvalue weighted by Crippen LogP contribution is -3.02. The third kappa shape index (κ3) is 3.25. The maximum absolute atomic E-state index is 14.1. The number of hydrogen-bond acceptors (Lipinski definition) is 6. The molecule has 8 bridgehead atoms. The van der Waals surface area contributed by atoms with Gasteiger partial charge in [0, 0.05) is 34.5 Å². The Morgan fingerprint density at radius 2 is 0.952 bits per heavy atom. The standard InChI is InChI=1S/C34H42N2O6/c1-31(2,3)41-29(39)35-25-21-23(19-13-9-7-10-14-19)33(17-37)26(35)22-24(20-15-11-8-12-16-20)34(25,18-38)27(21)36(28(22)33)30(40)42-32(4,5)6/h7-16,21-28,37-38H,17-18H2,1-6H3. The molecule has 0 spiro atoms. The van der Waals surface area contributed by atoms with Crippen LogP contribution in [-0.2, 0) is 9.47 Å². The monoisotopic (exact) mass is 574 g/mol. The summed E-state index contributed by atoms with van der Waals surface area (Å²) in [6.45, 7) is 10.8. The molecule has 6 atom stereocenters. The SMILES string of the molecule is CC(C)(C)OC(=O)N1C2C3C(c4ccccc4)C4(CO)C1C1C(c5ccccc5)C2(CO)C3N(C(=O)OC(C)(C)C)C14. The van der Waals surface area contributed by atoms with E-state index in [1.807, 2.05) is 87.7 Å². The van der Waals surface area contributed by atoms with Crippen molar-refractivity contribution in [2.75, 3.05) is 13.2 Å². The summed E-state index contributed by atoms with van der Waals surface area (Å²) >= 11 is 0. The van der Waals surface area contributed by atoms with Gasteiger partial charge in [0.2, 0.25) is 0 Å². The fraction of sp³-hybridized carbons (Fsp3) is 0.588. The van der Waals surface area contributed by atoms with E-state index in [0.29, 0.717) is 0 Å². The minimum Gasteiger partial charge on any atom is -0.444 e. The number of aliphatic hydroxyl groups excluding tert-OH is 2. The van der Waals surface area contributed by atoms with E-state index in [9.17, 15) is 19.8 Å². The Hall–Kier alpha value is -3.10. The number of nitrogens with zero attached hydrogens (tertiary/aromatic N) is 2. The van der Waals surface area contributed by atoms with E-state index in [-0.39, 0.29) is 61.1 Å². The molecule has 2 aromatic carbocycles. The Labute approximate surface area is 247 Å². The van der Waals surface area contributed by atoms with Crippen LogP contribution in [0.4, 0.5) is 9.59 Å². The zero-order valence-electron chi connectivity index (χ0n) is 25.2. The third-order valence-corrected chi connectivity index (χ3v) is 10.9. The Morgan fingerprint density at radius 3 is 1.21 bits per heavy atom. The molecule has 4 heterocycles. The molecule has 2 aromatic rings. The first-order valence-corrected chi connectivity index (χ1v) is 15.2. The molecule has 0 aromatic heterocycles. The van der Waals surface area contributed by atoms with Crippen molar-refractivity contribution in [2.45, 2.75) is 88.7 Å². The van der Waals surface area contributed by atoms with Crippen LogP contribution in [-0.4, -0.2) is 80.8 Å². The zero-order chi connectivity index (χ0) is 30.0. The van der Waals surface area contributed by atoms with Gasteiger partial charge in [-0.2, -0.15) is 0 Å². The van der Waals surface area contributed by atoms with Gasteiger partial charge in [-0.3, -0.25) is 9.80 Å². The molecule has 0 radical (unpaired) electrons. The number of carbonyl (C=O) groups is 2. The van der Waals surface area contributed by atoms with Crippen LogP contribution in [0.2, 0.25) is 0 Å². The second-order valence-corrected chi connectivity index (χ2v) is 15.0. The minimum absolute atomic E-state index is 0.0984. The summed E-state index contributed by atoms with van der Waals surface area (Å²) in [6.07, 6.45) is -0.826. The van der Waals surface area contributed by atoms with Crippen LogP contribution < -0.4 is 0 Å². The van der Waals surface area contributed by atoms with Crippen molar-refractivity contribution in [3.8, 4) is 0 Å². The van der Waals surface area contributed by atoms with Crippen LogP contribution in [0.15, 0.2) is 60.7 Å². The molecule has 2 amide bonds. The van der Waals surface area contributed by atoms with Gasteiger partial charge in [-0.15, -0.1) is 0 Å². The average molecular weight is 575 g/mol. The number of aliphatic hydroxyl groups is 2. The lowest BCUT2D eigenvalue weighted by atomic mass is 9.23. The molecule has 4 aliphatic heterocycles. The summed E-state index contributed by atoms with van der Waals surface area (Å²) in [4.78, 5) is 32.0. The fourth-order valence-electron chi connectivity index (χ4n) is 10.2. The Morgan fingerprint density at radius 1 is 0.643 bits per heavy atom. The lowest BCUT2D eigenvalue weighted by molar-refractivity contribution is -0.408. The number of rotatable bonds is 4. The van der Waals surface area contributed by atoms with E-state index in [0.717, 1.165) is 11.1 Å². The minimum atomic E-state index is -0.813. The van der Waals surface area contributed by atoms with Gasteiger partial charge in [0.1, 0.15) is 11.2 Å². The van der Waals surface area contributed by atoms with E-state index in [4.69, 9.17) is 9.47 Å². The van der Waals surface area contributed by atoms with Gasteiger partial charge in [0.05, 0.1) is 37.4 Å². The van der Waals surface area contributed by atoms with E-state index in [1.54, 1.807) is 0 Å². The molecule has 224 valence electrons. The van der Waals surface area contributed by atoms with Gasteiger partial charge in [-0.05, 0) is 52.7 Å². The van der Waals surface area contributed by atoms with E-state index < -0.39 is 34.2 Å². The van der Waals surface area contributed by atoms with Crippen molar-refractivity contribution < 1.29 is 29.3 Å². The molecule has 6 fully saturated rings. The van der Waals surface area contributed by atoms with Crippen LogP contribution in [0, 0.1) is 22.7 Å². The second kappa shape index (κ2) is 8.73. The van der Waals surface area contributed by atoms with E-state index in [2.05, 4.69) is 24.3 Å². The van der Waals surface area contributed by atoms with Gasteiger partial charge in [0.25, 0.3) is 0 Å². The highest BCUT2D eigenvalue weighted by Gasteiger charge is 2.93. The summed E-state index contributed by atoms with van der Waals surface area (Å²) in [5.41, 5.74) is -0.855. The summed E-state index contributed by atoms with van der Waals surface area (Å²) in [5.74, 6) is -0.629.